The zero-order valence-corrected chi connectivity index (χ0v) is 6.99. The highest BCUT2D eigenvalue weighted by Crippen LogP contribution is 2.16. The van der Waals surface area contributed by atoms with E-state index in [1.54, 1.807) is 12.1 Å². The molecular weight excluding hydrogens is 160 g/mol. The lowest BCUT2D eigenvalue weighted by Crippen LogP contribution is -2.06. The average Bonchev–Trinajstić information content (AvgIpc) is 2.52. The minimum atomic E-state index is -0.771. The van der Waals surface area contributed by atoms with E-state index in [0.717, 1.165) is 12.2 Å². The predicted octanol–water partition coefficient (Wildman–Crippen LogP) is 1.99. The molecule has 12 heavy (non-hydrogen) atoms. The summed E-state index contributed by atoms with van der Waals surface area (Å²) in [5, 5.41) is 0. The third-order valence-corrected chi connectivity index (χ3v) is 1.34. The highest BCUT2D eigenvalue weighted by Gasteiger charge is 2.06. The third kappa shape index (κ3) is 2.02. The van der Waals surface area contributed by atoms with Gasteiger partial charge in [0.25, 0.3) is 5.95 Å². The molecule has 1 aromatic rings. The first-order chi connectivity index (χ1) is 5.76. The van der Waals surface area contributed by atoms with E-state index in [1.807, 2.05) is 6.92 Å². The molecule has 1 aromatic heterocycles. The fourth-order valence-corrected chi connectivity index (χ4v) is 0.727. The van der Waals surface area contributed by atoms with E-state index in [-0.39, 0.29) is 5.95 Å². The number of carbonyl (C=O) groups is 1. The zero-order chi connectivity index (χ0) is 8.97. The first-order valence-electron chi connectivity index (χ1n) is 3.60. The molecule has 0 aromatic carbocycles. The van der Waals surface area contributed by atoms with Crippen molar-refractivity contribution in [3.8, 4) is 5.95 Å². The monoisotopic (exact) mass is 170 g/mol. The van der Waals surface area contributed by atoms with Crippen LogP contribution in [-0.2, 0) is 11.2 Å². The molecule has 0 saturated carbocycles. The SMILES string of the molecule is CCc1ccc(OC(=O)OC)o1. The lowest BCUT2D eigenvalue weighted by atomic mass is 10.4. The molecule has 0 fully saturated rings. The van der Waals surface area contributed by atoms with Gasteiger partial charge in [0.15, 0.2) is 0 Å². The van der Waals surface area contributed by atoms with Crippen LogP contribution >= 0.6 is 0 Å². The number of rotatable bonds is 2. The molecule has 1 rings (SSSR count). The van der Waals surface area contributed by atoms with Crippen molar-refractivity contribution in [2.45, 2.75) is 13.3 Å². The summed E-state index contributed by atoms with van der Waals surface area (Å²) >= 11 is 0. The summed E-state index contributed by atoms with van der Waals surface area (Å²) in [6.07, 6.45) is -0.00291. The van der Waals surface area contributed by atoms with Gasteiger partial charge in [0, 0.05) is 12.5 Å². The summed E-state index contributed by atoms with van der Waals surface area (Å²) in [6, 6.07) is 3.33. The smallest absolute Gasteiger partial charge is 0.437 e. The molecule has 0 radical (unpaired) electrons. The molecule has 1 heterocycles. The van der Waals surface area contributed by atoms with Gasteiger partial charge in [-0.25, -0.2) is 4.79 Å². The van der Waals surface area contributed by atoms with E-state index in [9.17, 15) is 4.79 Å². The van der Waals surface area contributed by atoms with Crippen molar-refractivity contribution in [2.24, 2.45) is 0 Å². The number of furan rings is 1. The Balaban J connectivity index is 2.58. The Labute approximate surface area is 70.1 Å². The predicted molar refractivity (Wildman–Crippen MR) is 41.1 cm³/mol. The van der Waals surface area contributed by atoms with Crippen LogP contribution in [0, 0.1) is 0 Å². The van der Waals surface area contributed by atoms with E-state index < -0.39 is 6.16 Å². The van der Waals surface area contributed by atoms with Gasteiger partial charge in [0.2, 0.25) is 0 Å². The number of hydrogen-bond acceptors (Lipinski definition) is 4. The van der Waals surface area contributed by atoms with Gasteiger partial charge >= 0.3 is 6.16 Å². The maximum atomic E-state index is 10.6. The van der Waals surface area contributed by atoms with Crippen LogP contribution in [0.15, 0.2) is 16.5 Å². The largest absolute Gasteiger partial charge is 0.516 e. The van der Waals surface area contributed by atoms with Gasteiger partial charge in [-0.1, -0.05) is 6.92 Å². The van der Waals surface area contributed by atoms with Crippen LogP contribution in [0.25, 0.3) is 0 Å². The summed E-state index contributed by atoms with van der Waals surface area (Å²) in [4.78, 5) is 10.6. The maximum absolute atomic E-state index is 10.6. The molecule has 0 amide bonds. The topological polar surface area (TPSA) is 48.7 Å². The fourth-order valence-electron chi connectivity index (χ4n) is 0.727. The number of carbonyl (C=O) groups excluding carboxylic acids is 1. The Kier molecular flexibility index (Phi) is 2.74. The Morgan fingerprint density at radius 3 is 2.83 bits per heavy atom. The Morgan fingerprint density at radius 1 is 1.58 bits per heavy atom. The van der Waals surface area contributed by atoms with Crippen LogP contribution in [0.1, 0.15) is 12.7 Å². The van der Waals surface area contributed by atoms with Crippen molar-refractivity contribution < 1.29 is 18.7 Å². The van der Waals surface area contributed by atoms with E-state index >= 15 is 0 Å². The Hall–Kier alpha value is -1.45. The van der Waals surface area contributed by atoms with E-state index in [1.165, 1.54) is 7.11 Å². The quantitative estimate of drug-likeness (QED) is 0.637. The van der Waals surface area contributed by atoms with Crippen molar-refractivity contribution >= 4 is 6.16 Å². The maximum Gasteiger partial charge on any atom is 0.516 e. The normalized spacial score (nSPS) is 9.50. The molecule has 0 aliphatic heterocycles. The second-order valence-electron chi connectivity index (χ2n) is 2.13. The van der Waals surface area contributed by atoms with Gasteiger partial charge < -0.3 is 13.9 Å². The molecule has 0 aliphatic carbocycles. The molecule has 0 bridgehead atoms. The van der Waals surface area contributed by atoms with Crippen molar-refractivity contribution in [3.63, 3.8) is 0 Å². The highest BCUT2D eigenvalue weighted by molar-refractivity contribution is 5.62. The summed E-state index contributed by atoms with van der Waals surface area (Å²) in [7, 11) is 1.24. The van der Waals surface area contributed by atoms with Crippen LogP contribution in [0.5, 0.6) is 5.95 Å². The Bertz CT molecular complexity index is 264. The molecule has 0 aliphatic rings. The fraction of sp³-hybridized carbons (Fsp3) is 0.375. The molecule has 0 saturated heterocycles. The van der Waals surface area contributed by atoms with Gasteiger partial charge in [-0.3, -0.25) is 0 Å². The van der Waals surface area contributed by atoms with Gasteiger partial charge in [-0.15, -0.1) is 0 Å². The highest BCUT2D eigenvalue weighted by atomic mass is 16.7. The zero-order valence-electron chi connectivity index (χ0n) is 6.99. The van der Waals surface area contributed by atoms with Crippen LogP contribution in [0.3, 0.4) is 0 Å². The van der Waals surface area contributed by atoms with Gasteiger partial charge in [0.1, 0.15) is 5.76 Å². The van der Waals surface area contributed by atoms with Crippen molar-refractivity contribution in [1.29, 1.82) is 0 Å². The van der Waals surface area contributed by atoms with Crippen molar-refractivity contribution in [3.05, 3.63) is 17.9 Å². The van der Waals surface area contributed by atoms with Crippen LogP contribution in [0.4, 0.5) is 4.79 Å². The van der Waals surface area contributed by atoms with Crippen LogP contribution in [0.2, 0.25) is 0 Å². The summed E-state index contributed by atoms with van der Waals surface area (Å²) < 4.78 is 14.0. The number of aryl methyl sites for hydroxylation is 1. The second-order valence-corrected chi connectivity index (χ2v) is 2.13. The summed E-state index contributed by atoms with van der Waals surface area (Å²) in [5.41, 5.74) is 0. The number of hydrogen-bond donors (Lipinski definition) is 0. The van der Waals surface area contributed by atoms with Gasteiger partial charge in [-0.2, -0.15) is 0 Å². The molecular formula is C8H10O4. The van der Waals surface area contributed by atoms with Crippen LogP contribution in [-0.4, -0.2) is 13.3 Å². The van der Waals surface area contributed by atoms with Crippen LogP contribution < -0.4 is 4.74 Å². The second kappa shape index (κ2) is 3.80. The van der Waals surface area contributed by atoms with E-state index in [0.29, 0.717) is 0 Å². The molecule has 4 nitrogen and oxygen atoms in total. The molecule has 0 unspecified atom stereocenters. The molecule has 66 valence electrons. The van der Waals surface area contributed by atoms with Gasteiger partial charge in [0.05, 0.1) is 7.11 Å². The lowest BCUT2D eigenvalue weighted by molar-refractivity contribution is 0.110. The number of methoxy groups -OCH3 is 1. The Morgan fingerprint density at radius 2 is 2.33 bits per heavy atom. The lowest BCUT2D eigenvalue weighted by Gasteiger charge is -1.96. The summed E-state index contributed by atoms with van der Waals surface area (Å²) in [5.74, 6) is 0.938. The summed E-state index contributed by atoms with van der Waals surface area (Å²) in [6.45, 7) is 1.95. The standard InChI is InChI=1S/C8H10O4/c1-3-6-4-5-7(11-6)12-8(9)10-2/h4-5H,3H2,1-2H3. The minimum absolute atomic E-state index is 0.165. The van der Waals surface area contributed by atoms with Crippen molar-refractivity contribution in [2.75, 3.05) is 7.11 Å². The van der Waals surface area contributed by atoms with E-state index in [4.69, 9.17) is 4.42 Å². The first kappa shape index (κ1) is 8.64. The number of ether oxygens (including phenoxy) is 2. The molecule has 4 heteroatoms. The molecule has 0 atom stereocenters. The first-order valence-corrected chi connectivity index (χ1v) is 3.60. The molecule has 0 spiro atoms. The van der Waals surface area contributed by atoms with Crippen molar-refractivity contribution in [1.82, 2.24) is 0 Å². The van der Waals surface area contributed by atoms with Gasteiger partial charge in [-0.05, 0) is 6.07 Å². The minimum Gasteiger partial charge on any atom is -0.437 e. The third-order valence-electron chi connectivity index (χ3n) is 1.34. The average molecular weight is 170 g/mol. The van der Waals surface area contributed by atoms with E-state index in [2.05, 4.69) is 9.47 Å². The molecule has 0 N–H and O–H groups in total.